The highest BCUT2D eigenvalue weighted by atomic mass is 19.4. The number of pyridine rings is 1. The maximum atomic E-state index is 12.6. The van der Waals surface area contributed by atoms with Gasteiger partial charge in [-0.05, 0) is 42.6 Å². The Morgan fingerprint density at radius 3 is 2.76 bits per heavy atom. The van der Waals surface area contributed by atoms with E-state index in [1.165, 1.54) is 11.6 Å². The number of nitrogens with one attached hydrogen (secondary N) is 1. The van der Waals surface area contributed by atoms with E-state index in [-0.39, 0.29) is 5.88 Å². The molecule has 0 radical (unpaired) electrons. The molecule has 132 valence electrons. The summed E-state index contributed by atoms with van der Waals surface area (Å²) < 4.78 is 43.3. The van der Waals surface area contributed by atoms with Gasteiger partial charge in [0.05, 0.1) is 5.56 Å². The van der Waals surface area contributed by atoms with Gasteiger partial charge in [0.15, 0.2) is 0 Å². The normalized spacial score (nSPS) is 19.8. The van der Waals surface area contributed by atoms with Crippen molar-refractivity contribution in [3.63, 3.8) is 0 Å². The number of ether oxygens (including phenoxy) is 1. The van der Waals surface area contributed by atoms with Crippen LogP contribution in [0.5, 0.6) is 11.6 Å². The van der Waals surface area contributed by atoms with Gasteiger partial charge < -0.3 is 10.1 Å². The van der Waals surface area contributed by atoms with E-state index in [1.807, 2.05) is 18.2 Å². The minimum absolute atomic E-state index is 0.132. The molecule has 1 aromatic carbocycles. The molecule has 0 spiro atoms. The number of benzene rings is 1. The van der Waals surface area contributed by atoms with Crippen LogP contribution in [0.1, 0.15) is 24.5 Å². The molecule has 2 aromatic rings. The zero-order chi connectivity index (χ0) is 17.9. The third-order valence-corrected chi connectivity index (χ3v) is 4.17. The van der Waals surface area contributed by atoms with Crippen molar-refractivity contribution in [2.75, 3.05) is 13.1 Å². The van der Waals surface area contributed by atoms with E-state index in [9.17, 15) is 13.2 Å². The van der Waals surface area contributed by atoms with Gasteiger partial charge >= 0.3 is 6.18 Å². The first-order valence-corrected chi connectivity index (χ1v) is 8.14. The highest BCUT2D eigenvalue weighted by Gasteiger charge is 2.30. The fourth-order valence-corrected chi connectivity index (χ4v) is 2.75. The molecule has 1 atom stereocenters. The molecule has 0 unspecified atom stereocenters. The molecule has 1 aromatic heterocycles. The Balaban J connectivity index is 1.74. The summed E-state index contributed by atoms with van der Waals surface area (Å²) in [7, 11) is 0. The second kappa shape index (κ2) is 7.27. The summed E-state index contributed by atoms with van der Waals surface area (Å²) in [6, 6.07) is 9.65. The third-order valence-electron chi connectivity index (χ3n) is 4.17. The molecule has 6 heteroatoms. The van der Waals surface area contributed by atoms with Crippen molar-refractivity contribution >= 4 is 6.08 Å². The number of piperidine rings is 1. The number of hydrogen-bond donors (Lipinski definition) is 1. The van der Waals surface area contributed by atoms with Crippen LogP contribution < -0.4 is 10.1 Å². The van der Waals surface area contributed by atoms with Crippen LogP contribution in [0.2, 0.25) is 0 Å². The van der Waals surface area contributed by atoms with Crippen molar-refractivity contribution in [2.45, 2.75) is 19.5 Å². The van der Waals surface area contributed by atoms with Gasteiger partial charge in [0, 0.05) is 18.8 Å². The molecule has 1 aliphatic heterocycles. The Morgan fingerprint density at radius 1 is 1.24 bits per heavy atom. The Morgan fingerprint density at radius 2 is 2.08 bits per heavy atom. The average Bonchev–Trinajstić information content (AvgIpc) is 2.57. The Kier molecular flexibility index (Phi) is 5.08. The van der Waals surface area contributed by atoms with Gasteiger partial charge in [0.2, 0.25) is 5.88 Å². The standard InChI is InChI=1S/C19H19F3N2O/c1-13-11-23-8-7-15(13)9-14-3-2-4-17(10-14)25-18-6-5-16(12-24-18)19(20,21)22/h2-6,9-10,12-13,23H,7-8,11H2,1H3/b15-9+/t13-/m0/s1. The number of aromatic nitrogens is 1. The Bertz CT molecular complexity index is 754. The molecule has 25 heavy (non-hydrogen) atoms. The summed E-state index contributed by atoms with van der Waals surface area (Å²) in [5.74, 6) is 1.16. The molecular weight excluding hydrogens is 329 g/mol. The second-order valence-electron chi connectivity index (χ2n) is 6.13. The molecular formula is C19H19F3N2O. The molecule has 2 heterocycles. The fraction of sp³-hybridized carbons (Fsp3) is 0.316. The van der Waals surface area contributed by atoms with Gasteiger partial charge in [-0.15, -0.1) is 0 Å². The van der Waals surface area contributed by atoms with Gasteiger partial charge in [0.25, 0.3) is 0 Å². The quantitative estimate of drug-likeness (QED) is 0.856. The van der Waals surface area contributed by atoms with Crippen LogP contribution in [-0.4, -0.2) is 18.1 Å². The number of alkyl halides is 3. The van der Waals surface area contributed by atoms with E-state index in [0.717, 1.165) is 37.3 Å². The predicted octanol–water partition coefficient (Wildman–Crippen LogP) is 4.91. The van der Waals surface area contributed by atoms with Crippen molar-refractivity contribution in [1.82, 2.24) is 10.3 Å². The van der Waals surface area contributed by atoms with E-state index in [4.69, 9.17) is 4.74 Å². The Labute approximate surface area is 144 Å². The maximum absolute atomic E-state index is 12.6. The van der Waals surface area contributed by atoms with E-state index in [2.05, 4.69) is 23.3 Å². The topological polar surface area (TPSA) is 34.1 Å². The van der Waals surface area contributed by atoms with E-state index in [1.54, 1.807) is 6.07 Å². The van der Waals surface area contributed by atoms with Crippen molar-refractivity contribution < 1.29 is 17.9 Å². The van der Waals surface area contributed by atoms with Crippen LogP contribution >= 0.6 is 0 Å². The Hall–Kier alpha value is -2.34. The summed E-state index contributed by atoms with van der Waals surface area (Å²) in [5, 5.41) is 3.36. The smallest absolute Gasteiger partial charge is 0.417 e. The molecule has 0 bridgehead atoms. The van der Waals surface area contributed by atoms with Gasteiger partial charge in [-0.1, -0.05) is 30.7 Å². The van der Waals surface area contributed by atoms with Gasteiger partial charge in [0.1, 0.15) is 5.75 Å². The molecule has 1 fully saturated rings. The SMILES string of the molecule is C[C@H]1CNCC/C1=C\c1cccc(Oc2ccc(C(F)(F)F)cn2)c1. The lowest BCUT2D eigenvalue weighted by Crippen LogP contribution is -2.29. The summed E-state index contributed by atoms with van der Waals surface area (Å²) in [6.07, 6.45) is -0.466. The molecule has 1 saturated heterocycles. The van der Waals surface area contributed by atoms with Crippen molar-refractivity contribution in [3.05, 3.63) is 59.3 Å². The monoisotopic (exact) mass is 348 g/mol. The maximum Gasteiger partial charge on any atom is 0.417 e. The second-order valence-corrected chi connectivity index (χ2v) is 6.13. The van der Waals surface area contributed by atoms with Crippen LogP contribution in [-0.2, 0) is 6.18 Å². The van der Waals surface area contributed by atoms with Gasteiger partial charge in [-0.2, -0.15) is 13.2 Å². The lowest BCUT2D eigenvalue weighted by molar-refractivity contribution is -0.137. The highest BCUT2D eigenvalue weighted by Crippen LogP contribution is 2.30. The van der Waals surface area contributed by atoms with E-state index >= 15 is 0 Å². The van der Waals surface area contributed by atoms with Crippen LogP contribution in [0.4, 0.5) is 13.2 Å². The summed E-state index contributed by atoms with van der Waals surface area (Å²) in [6.45, 7) is 4.13. The first kappa shape index (κ1) is 17.5. The van der Waals surface area contributed by atoms with Crippen molar-refractivity contribution in [3.8, 4) is 11.6 Å². The zero-order valence-electron chi connectivity index (χ0n) is 13.8. The molecule has 0 saturated carbocycles. The number of hydrogen-bond acceptors (Lipinski definition) is 3. The zero-order valence-corrected chi connectivity index (χ0v) is 13.8. The predicted molar refractivity (Wildman–Crippen MR) is 90.4 cm³/mol. The number of rotatable bonds is 3. The lowest BCUT2D eigenvalue weighted by atomic mass is 9.93. The highest BCUT2D eigenvalue weighted by molar-refractivity contribution is 5.56. The van der Waals surface area contributed by atoms with Crippen molar-refractivity contribution in [2.24, 2.45) is 5.92 Å². The average molecular weight is 348 g/mol. The van der Waals surface area contributed by atoms with Crippen LogP contribution in [0.15, 0.2) is 48.2 Å². The number of halogens is 3. The lowest BCUT2D eigenvalue weighted by Gasteiger charge is -2.23. The van der Waals surface area contributed by atoms with Crippen LogP contribution in [0.25, 0.3) is 6.08 Å². The van der Waals surface area contributed by atoms with E-state index in [0.29, 0.717) is 11.7 Å². The molecule has 1 aliphatic rings. The largest absolute Gasteiger partial charge is 0.439 e. The minimum Gasteiger partial charge on any atom is -0.439 e. The molecule has 3 nitrogen and oxygen atoms in total. The molecule has 0 aliphatic carbocycles. The van der Waals surface area contributed by atoms with Crippen molar-refractivity contribution in [1.29, 1.82) is 0 Å². The summed E-state index contributed by atoms with van der Waals surface area (Å²) in [5.41, 5.74) is 1.59. The minimum atomic E-state index is -4.40. The fourth-order valence-electron chi connectivity index (χ4n) is 2.75. The van der Waals surface area contributed by atoms with Crippen LogP contribution in [0, 0.1) is 5.92 Å². The van der Waals surface area contributed by atoms with Gasteiger partial charge in [-0.25, -0.2) is 4.98 Å². The molecule has 1 N–H and O–H groups in total. The summed E-state index contributed by atoms with van der Waals surface area (Å²) in [4.78, 5) is 3.73. The molecule has 3 rings (SSSR count). The van der Waals surface area contributed by atoms with E-state index < -0.39 is 11.7 Å². The van der Waals surface area contributed by atoms with Gasteiger partial charge in [-0.3, -0.25) is 0 Å². The first-order valence-electron chi connectivity index (χ1n) is 8.14. The molecule has 0 amide bonds. The first-order chi connectivity index (χ1) is 11.9. The number of nitrogens with zero attached hydrogens (tertiary/aromatic N) is 1. The van der Waals surface area contributed by atoms with Crippen LogP contribution in [0.3, 0.4) is 0 Å². The third kappa shape index (κ3) is 4.60. The summed E-state index contributed by atoms with van der Waals surface area (Å²) >= 11 is 0.